The van der Waals surface area contributed by atoms with Gasteiger partial charge in [0.25, 0.3) is 0 Å². The molecule has 2 rings (SSSR count). The van der Waals surface area contributed by atoms with Gasteiger partial charge in [0.2, 0.25) is 5.82 Å². The Labute approximate surface area is 104 Å². The van der Waals surface area contributed by atoms with E-state index in [1.165, 1.54) is 7.11 Å². The van der Waals surface area contributed by atoms with E-state index < -0.39 is 23.0 Å². The third-order valence-corrected chi connectivity index (χ3v) is 3.60. The van der Waals surface area contributed by atoms with Crippen molar-refractivity contribution in [3.05, 3.63) is 29.1 Å². The minimum absolute atomic E-state index is 0.223. The van der Waals surface area contributed by atoms with Crippen molar-refractivity contribution in [2.75, 3.05) is 7.11 Å². The lowest BCUT2D eigenvalue weighted by molar-refractivity contribution is 0.278. The third-order valence-electron chi connectivity index (χ3n) is 3.60. The Hall–Kier alpha value is -1.23. The third kappa shape index (κ3) is 2.07. The maximum Gasteiger partial charge on any atom is 0.204 e. The van der Waals surface area contributed by atoms with Gasteiger partial charge in [-0.15, -0.1) is 0 Å². The van der Waals surface area contributed by atoms with Gasteiger partial charge in [-0.2, -0.15) is 4.39 Å². The first-order chi connectivity index (χ1) is 8.49. The van der Waals surface area contributed by atoms with Crippen LogP contribution in [0.2, 0.25) is 0 Å². The van der Waals surface area contributed by atoms with Crippen LogP contribution in [0, 0.1) is 17.5 Å². The van der Waals surface area contributed by atoms with Gasteiger partial charge >= 0.3 is 0 Å². The summed E-state index contributed by atoms with van der Waals surface area (Å²) < 4.78 is 45.1. The van der Waals surface area contributed by atoms with Gasteiger partial charge in [0.15, 0.2) is 17.4 Å². The fourth-order valence-corrected chi connectivity index (χ4v) is 2.60. The van der Waals surface area contributed by atoms with E-state index in [-0.39, 0.29) is 11.3 Å². The molecule has 0 amide bonds. The van der Waals surface area contributed by atoms with Crippen LogP contribution in [0.15, 0.2) is 6.07 Å². The van der Waals surface area contributed by atoms with Gasteiger partial charge < -0.3 is 10.5 Å². The van der Waals surface area contributed by atoms with E-state index in [9.17, 15) is 13.2 Å². The Morgan fingerprint density at radius 1 is 1.11 bits per heavy atom. The molecule has 1 aromatic carbocycles. The van der Waals surface area contributed by atoms with Gasteiger partial charge in [-0.1, -0.05) is 19.3 Å². The second-order valence-electron chi connectivity index (χ2n) is 4.78. The second kappa shape index (κ2) is 4.80. The molecule has 1 fully saturated rings. The molecule has 2 nitrogen and oxygen atoms in total. The lowest BCUT2D eigenvalue weighted by Gasteiger charge is -2.35. The number of hydrogen-bond donors (Lipinski definition) is 1. The minimum Gasteiger partial charge on any atom is -0.493 e. The summed E-state index contributed by atoms with van der Waals surface area (Å²) in [4.78, 5) is 0. The van der Waals surface area contributed by atoms with Crippen molar-refractivity contribution in [1.29, 1.82) is 0 Å². The van der Waals surface area contributed by atoms with Crippen molar-refractivity contribution in [2.45, 2.75) is 37.6 Å². The lowest BCUT2D eigenvalue weighted by Crippen LogP contribution is -2.39. The molecule has 0 saturated heterocycles. The monoisotopic (exact) mass is 259 g/mol. The summed E-state index contributed by atoms with van der Waals surface area (Å²) in [5.41, 5.74) is 5.60. The first-order valence-corrected chi connectivity index (χ1v) is 6.00. The summed E-state index contributed by atoms with van der Waals surface area (Å²) >= 11 is 0. The molecule has 0 radical (unpaired) electrons. The average molecular weight is 259 g/mol. The zero-order valence-corrected chi connectivity index (χ0v) is 10.2. The molecule has 0 bridgehead atoms. The van der Waals surface area contributed by atoms with Crippen LogP contribution in [0.25, 0.3) is 0 Å². The van der Waals surface area contributed by atoms with Crippen LogP contribution < -0.4 is 10.5 Å². The predicted molar refractivity (Wildman–Crippen MR) is 61.8 cm³/mol. The first-order valence-electron chi connectivity index (χ1n) is 6.00. The largest absolute Gasteiger partial charge is 0.493 e. The Morgan fingerprint density at radius 3 is 2.28 bits per heavy atom. The highest BCUT2D eigenvalue weighted by Crippen LogP contribution is 2.41. The maximum atomic E-state index is 13.7. The van der Waals surface area contributed by atoms with Crippen molar-refractivity contribution < 1.29 is 17.9 Å². The fraction of sp³-hybridized carbons (Fsp3) is 0.538. The zero-order valence-electron chi connectivity index (χ0n) is 10.2. The highest BCUT2D eigenvalue weighted by Gasteiger charge is 2.35. The van der Waals surface area contributed by atoms with Gasteiger partial charge in [-0.3, -0.25) is 0 Å². The van der Waals surface area contributed by atoms with Gasteiger partial charge in [-0.25, -0.2) is 8.78 Å². The molecule has 1 aliphatic carbocycles. The van der Waals surface area contributed by atoms with E-state index in [2.05, 4.69) is 0 Å². The Bertz CT molecular complexity index is 456. The number of rotatable bonds is 2. The molecule has 1 aliphatic rings. The van der Waals surface area contributed by atoms with E-state index in [1.54, 1.807) is 0 Å². The summed E-state index contributed by atoms with van der Waals surface area (Å²) in [6.07, 6.45) is 4.07. The average Bonchev–Trinajstić information content (AvgIpc) is 2.36. The molecule has 0 aromatic heterocycles. The van der Waals surface area contributed by atoms with Crippen molar-refractivity contribution in [1.82, 2.24) is 0 Å². The maximum absolute atomic E-state index is 13.7. The molecule has 0 heterocycles. The standard InChI is InChI=1S/C13H16F3NO/c1-18-12-8(7-9(14)10(15)11(12)16)13(17)5-3-2-4-6-13/h7H,2-6,17H2,1H3. The van der Waals surface area contributed by atoms with Gasteiger partial charge in [0.05, 0.1) is 7.11 Å². The van der Waals surface area contributed by atoms with Crippen molar-refractivity contribution in [3.8, 4) is 5.75 Å². The number of nitrogens with two attached hydrogens (primary N) is 1. The zero-order chi connectivity index (χ0) is 13.3. The number of ether oxygens (including phenoxy) is 1. The molecule has 1 aromatic rings. The van der Waals surface area contributed by atoms with E-state index >= 15 is 0 Å². The second-order valence-corrected chi connectivity index (χ2v) is 4.78. The summed E-state index contributed by atoms with van der Waals surface area (Å²) in [6, 6.07) is 0.961. The highest BCUT2D eigenvalue weighted by atomic mass is 19.2. The number of benzene rings is 1. The van der Waals surface area contributed by atoms with Crippen LogP contribution in [0.3, 0.4) is 0 Å². The molecule has 18 heavy (non-hydrogen) atoms. The quantitative estimate of drug-likeness (QED) is 0.827. The van der Waals surface area contributed by atoms with Gasteiger partial charge in [0, 0.05) is 11.1 Å². The van der Waals surface area contributed by atoms with Crippen molar-refractivity contribution >= 4 is 0 Å². The molecule has 0 spiro atoms. The van der Waals surface area contributed by atoms with E-state index in [0.29, 0.717) is 12.8 Å². The van der Waals surface area contributed by atoms with Crippen LogP contribution in [-0.2, 0) is 5.54 Å². The molecule has 1 saturated carbocycles. The highest BCUT2D eigenvalue weighted by molar-refractivity contribution is 5.41. The van der Waals surface area contributed by atoms with Crippen molar-refractivity contribution in [3.63, 3.8) is 0 Å². The smallest absolute Gasteiger partial charge is 0.204 e. The first kappa shape index (κ1) is 13.2. The molecule has 2 N–H and O–H groups in total. The number of halogens is 3. The lowest BCUT2D eigenvalue weighted by atomic mass is 9.77. The summed E-state index contributed by atoms with van der Waals surface area (Å²) in [6.45, 7) is 0. The number of methoxy groups -OCH3 is 1. The SMILES string of the molecule is COc1c(C2(N)CCCCC2)cc(F)c(F)c1F. The summed E-state index contributed by atoms with van der Waals surface area (Å²) in [5, 5.41) is 0. The summed E-state index contributed by atoms with van der Waals surface area (Å²) in [5.74, 6) is -4.32. The van der Waals surface area contributed by atoms with Crippen LogP contribution in [0.5, 0.6) is 5.75 Å². The Balaban J connectivity index is 2.55. The van der Waals surface area contributed by atoms with Crippen LogP contribution >= 0.6 is 0 Å². The van der Waals surface area contributed by atoms with E-state index in [4.69, 9.17) is 10.5 Å². The molecule has 0 unspecified atom stereocenters. The fourth-order valence-electron chi connectivity index (χ4n) is 2.60. The molecular weight excluding hydrogens is 243 g/mol. The van der Waals surface area contributed by atoms with E-state index in [0.717, 1.165) is 25.3 Å². The summed E-state index contributed by atoms with van der Waals surface area (Å²) in [7, 11) is 1.23. The normalized spacial score (nSPS) is 18.7. The predicted octanol–water partition coefficient (Wildman–Crippen LogP) is 3.23. The van der Waals surface area contributed by atoms with Crippen LogP contribution in [-0.4, -0.2) is 7.11 Å². The Morgan fingerprint density at radius 2 is 1.72 bits per heavy atom. The number of hydrogen-bond acceptors (Lipinski definition) is 2. The van der Waals surface area contributed by atoms with Crippen LogP contribution in [0.1, 0.15) is 37.7 Å². The van der Waals surface area contributed by atoms with Gasteiger partial charge in [-0.05, 0) is 18.9 Å². The van der Waals surface area contributed by atoms with E-state index in [1.807, 2.05) is 0 Å². The molecular formula is C13H16F3NO. The molecule has 100 valence electrons. The van der Waals surface area contributed by atoms with Crippen LogP contribution in [0.4, 0.5) is 13.2 Å². The molecule has 0 aliphatic heterocycles. The van der Waals surface area contributed by atoms with Gasteiger partial charge in [0.1, 0.15) is 0 Å². The Kier molecular flexibility index (Phi) is 3.52. The minimum atomic E-state index is -1.52. The topological polar surface area (TPSA) is 35.2 Å². The molecule has 5 heteroatoms. The molecule has 0 atom stereocenters. The van der Waals surface area contributed by atoms with Crippen molar-refractivity contribution in [2.24, 2.45) is 5.73 Å².